The van der Waals surface area contributed by atoms with Crippen molar-refractivity contribution in [3.8, 4) is 28.6 Å². The predicted octanol–water partition coefficient (Wildman–Crippen LogP) is 13.8. The third-order valence-electron chi connectivity index (χ3n) is 15.9. The molecule has 4 atom stereocenters. The molecule has 1 amide bonds. The first-order valence-corrected chi connectivity index (χ1v) is 28.5. The fourth-order valence-electron chi connectivity index (χ4n) is 12.6. The molecular weight excluding hydrogens is 950 g/mol. The largest absolute Gasteiger partial charge is 0.461 e. The van der Waals surface area contributed by atoms with E-state index in [4.69, 9.17) is 24.4 Å². The fraction of sp³-hybridized carbons (Fsp3) is 0.410. The van der Waals surface area contributed by atoms with Crippen LogP contribution in [0.2, 0.25) is 16.6 Å². The number of aromatic nitrogens is 2. The number of ether oxygens (including phenoxy) is 2. The normalized spacial score (nSPS) is 20.7. The Labute approximate surface area is 434 Å². The lowest BCUT2D eigenvalue weighted by Crippen LogP contribution is -2.57. The Kier molecular flexibility index (Phi) is 13.8. The monoisotopic (exact) mass is 1020 g/mol. The number of nitrogens with zero attached hydrogens (tertiary/aromatic N) is 6. The van der Waals surface area contributed by atoms with E-state index in [1.165, 1.54) is 6.07 Å². The molecule has 3 saturated heterocycles. The second kappa shape index (κ2) is 20.0. The molecule has 0 N–H and O–H groups in total. The van der Waals surface area contributed by atoms with Gasteiger partial charge in [-0.2, -0.15) is 9.97 Å². The van der Waals surface area contributed by atoms with Gasteiger partial charge in [0, 0.05) is 53.5 Å². The van der Waals surface area contributed by atoms with Gasteiger partial charge in [0.1, 0.15) is 43.6 Å². The van der Waals surface area contributed by atoms with Crippen LogP contribution < -0.4 is 9.64 Å². The predicted molar refractivity (Wildman–Crippen MR) is 294 cm³/mol. The van der Waals surface area contributed by atoms with Crippen LogP contribution in [0.25, 0.3) is 32.8 Å². The maximum atomic E-state index is 18.5. The summed E-state index contributed by atoms with van der Waals surface area (Å²) >= 11 is 0. The number of benzene rings is 5. The molecule has 2 unspecified atom stereocenters. The van der Waals surface area contributed by atoms with Gasteiger partial charge in [-0.15, -0.1) is 5.54 Å². The molecule has 3 fully saturated rings. The van der Waals surface area contributed by atoms with Gasteiger partial charge >= 0.3 is 12.1 Å². The molecular formula is C61H67F3N6O3Si. The molecule has 13 heteroatoms. The first kappa shape index (κ1) is 51.0. The quantitative estimate of drug-likeness (QED) is 0.0553. The van der Waals surface area contributed by atoms with Crippen molar-refractivity contribution in [2.75, 3.05) is 37.7 Å². The van der Waals surface area contributed by atoms with Crippen LogP contribution in [-0.2, 0) is 4.74 Å². The summed E-state index contributed by atoms with van der Waals surface area (Å²) in [5.74, 6) is 2.74. The third-order valence-corrected chi connectivity index (χ3v) is 22.2. The van der Waals surface area contributed by atoms with E-state index in [2.05, 4.69) is 62.8 Å². The second-order valence-electron chi connectivity index (χ2n) is 22.7. The lowest BCUT2D eigenvalue weighted by atomic mass is 9.92. The zero-order chi connectivity index (χ0) is 52.3. The maximum Gasteiger partial charge on any atom is 0.411 e. The number of hydrogen-bond donors (Lipinski definition) is 0. The van der Waals surface area contributed by atoms with Gasteiger partial charge in [-0.05, 0) is 92.0 Å². The van der Waals surface area contributed by atoms with Crippen LogP contribution in [0.1, 0.15) is 98.3 Å². The summed E-state index contributed by atoms with van der Waals surface area (Å²) in [4.78, 5) is 34.7. The second-order valence-corrected chi connectivity index (χ2v) is 28.3. The Hall–Kier alpha value is -6.49. The minimum atomic E-state index is -2.37. The topological polar surface area (TPSA) is 83.4 Å². The van der Waals surface area contributed by atoms with Crippen molar-refractivity contribution in [3.63, 3.8) is 0 Å². The number of hydrogen-bond acceptors (Lipinski definition) is 8. The standard InChI is InChI=1S/C61H67F3N6O3Si/c1-38(2)74(39(3)4,40(5)6)30-27-49-52(63)26-21-43-31-45(65-55(41-17-12-10-13-18-41)42-19-14-11-15-20-42)32-51(53(43)49)48-24-25-50-56(54(48)64)66-58(72-37-61-28-16-29-69(61)34-44(62)33-61)67-57(50)68-35-46-22-23-47(36-68)70(46)59(71)73-60(7,8)9/h10-15,17-26,31-32,38-40,44,46-47H,16,28-29,33-37H2,1-9H3/t44-,46?,47?,61+/m1/s1. The molecule has 2 bridgehead atoms. The average molecular weight is 1020 g/mol. The average Bonchev–Trinajstić information content (AvgIpc) is 3.99. The van der Waals surface area contributed by atoms with Crippen LogP contribution in [0.3, 0.4) is 0 Å². The lowest BCUT2D eigenvalue weighted by Gasteiger charge is -2.42. The highest BCUT2D eigenvalue weighted by molar-refractivity contribution is 6.90. The van der Waals surface area contributed by atoms with Crippen molar-refractivity contribution >= 4 is 53.1 Å². The minimum absolute atomic E-state index is 0.0131. The summed E-state index contributed by atoms with van der Waals surface area (Å²) in [6.45, 7) is 20.9. The van der Waals surface area contributed by atoms with Crippen LogP contribution in [0.15, 0.2) is 114 Å². The molecule has 0 aliphatic carbocycles. The van der Waals surface area contributed by atoms with E-state index in [1.54, 1.807) is 17.0 Å². The molecule has 6 aromatic rings. The van der Waals surface area contributed by atoms with Crippen LogP contribution in [0.4, 0.5) is 29.5 Å². The molecule has 9 nitrogen and oxygen atoms in total. The van der Waals surface area contributed by atoms with Crippen molar-refractivity contribution < 1.29 is 27.4 Å². The van der Waals surface area contributed by atoms with Crippen molar-refractivity contribution in [2.24, 2.45) is 4.99 Å². The van der Waals surface area contributed by atoms with Crippen LogP contribution >= 0.6 is 0 Å². The van der Waals surface area contributed by atoms with Gasteiger partial charge in [-0.3, -0.25) is 9.80 Å². The number of halogens is 3. The van der Waals surface area contributed by atoms with E-state index < -0.39 is 43.1 Å². The Bertz CT molecular complexity index is 3160. The molecule has 4 aliphatic heterocycles. The number of carbonyl (C=O) groups is 1. The van der Waals surface area contributed by atoms with Crippen LogP contribution in [-0.4, -0.2) is 102 Å². The fourth-order valence-corrected chi connectivity index (χ4v) is 17.8. The van der Waals surface area contributed by atoms with Crippen molar-refractivity contribution in [1.29, 1.82) is 0 Å². The van der Waals surface area contributed by atoms with E-state index in [-0.39, 0.29) is 41.3 Å². The lowest BCUT2D eigenvalue weighted by molar-refractivity contribution is 0.0146. The highest BCUT2D eigenvalue weighted by atomic mass is 28.3. The summed E-state index contributed by atoms with van der Waals surface area (Å²) in [6.07, 6.45) is 4.67. The number of carbonyl (C=O) groups excluding carboxylic acids is 1. The van der Waals surface area contributed by atoms with Crippen LogP contribution in [0.5, 0.6) is 6.01 Å². The summed E-state index contributed by atoms with van der Waals surface area (Å²) < 4.78 is 62.7. The van der Waals surface area contributed by atoms with E-state index >= 15 is 13.2 Å². The molecule has 5 heterocycles. The smallest absolute Gasteiger partial charge is 0.411 e. The number of fused-ring (bicyclic) bond motifs is 5. The molecule has 0 spiro atoms. The van der Waals surface area contributed by atoms with Gasteiger partial charge in [0.15, 0.2) is 5.82 Å². The van der Waals surface area contributed by atoms with Gasteiger partial charge in [0.05, 0.1) is 34.6 Å². The number of rotatable bonds is 11. The van der Waals surface area contributed by atoms with Crippen molar-refractivity contribution in [3.05, 3.63) is 138 Å². The number of anilines is 1. The Morgan fingerprint density at radius 2 is 1.49 bits per heavy atom. The molecule has 384 valence electrons. The Morgan fingerprint density at radius 3 is 2.11 bits per heavy atom. The third kappa shape index (κ3) is 9.49. The van der Waals surface area contributed by atoms with Gasteiger partial charge in [-0.1, -0.05) is 132 Å². The number of alkyl halides is 1. The van der Waals surface area contributed by atoms with Gasteiger partial charge in [-0.25, -0.2) is 23.0 Å². The number of aliphatic imine (C=N–C) groups is 1. The molecule has 4 aliphatic rings. The molecule has 0 radical (unpaired) electrons. The highest BCUT2D eigenvalue weighted by Crippen LogP contribution is 2.45. The molecule has 10 rings (SSSR count). The maximum absolute atomic E-state index is 18.5. The zero-order valence-corrected chi connectivity index (χ0v) is 45.1. The van der Waals surface area contributed by atoms with E-state index in [0.29, 0.717) is 75.9 Å². The SMILES string of the molecule is CC(C)[Si](C#Cc1c(F)ccc2cc(N=C(c3ccccc3)c3ccccc3)cc(-c3ccc4c(N5CC6C=CC(C5)N6C(=O)OC(C)(C)C)nc(OC[C@@]56CCCN5C[C@H](F)C6)nc4c3F)c12)(C(C)C)C(C)C. The number of amides is 1. The summed E-state index contributed by atoms with van der Waals surface area (Å²) in [6, 6.07) is 29.6. The molecule has 0 saturated carbocycles. The minimum Gasteiger partial charge on any atom is -0.461 e. The van der Waals surface area contributed by atoms with Crippen molar-refractivity contribution in [2.45, 2.75) is 128 Å². The highest BCUT2D eigenvalue weighted by Gasteiger charge is 2.50. The van der Waals surface area contributed by atoms with Gasteiger partial charge < -0.3 is 14.4 Å². The first-order valence-electron chi connectivity index (χ1n) is 26.3. The molecule has 5 aromatic carbocycles. The zero-order valence-electron chi connectivity index (χ0n) is 44.1. The Balaban J connectivity index is 1.18. The number of piperazine rings is 1. The van der Waals surface area contributed by atoms with Gasteiger partial charge in [0.2, 0.25) is 0 Å². The summed E-state index contributed by atoms with van der Waals surface area (Å²) in [7, 11) is -2.37. The summed E-state index contributed by atoms with van der Waals surface area (Å²) in [5.41, 5.74) is 7.29. The molecule has 74 heavy (non-hydrogen) atoms. The van der Waals surface area contributed by atoms with Crippen molar-refractivity contribution in [1.82, 2.24) is 19.8 Å². The first-order chi connectivity index (χ1) is 35.4. The van der Waals surface area contributed by atoms with E-state index in [0.717, 1.165) is 36.2 Å². The molecule has 1 aromatic heterocycles. The summed E-state index contributed by atoms with van der Waals surface area (Å²) in [5, 5.41) is 1.57. The van der Waals surface area contributed by atoms with E-state index in [1.807, 2.05) is 112 Å². The Morgan fingerprint density at radius 1 is 0.838 bits per heavy atom. The van der Waals surface area contributed by atoms with Crippen LogP contribution in [0, 0.1) is 23.1 Å². The van der Waals surface area contributed by atoms with Gasteiger partial charge in [0.25, 0.3) is 0 Å². The van der Waals surface area contributed by atoms with E-state index in [9.17, 15) is 4.79 Å².